The van der Waals surface area contributed by atoms with Crippen LogP contribution in [0.2, 0.25) is 0 Å². The molecule has 2 fully saturated rings. The number of benzene rings is 1. The fraction of sp³-hybridized carbons (Fsp3) is 0.579. The molecule has 1 aromatic carbocycles. The van der Waals surface area contributed by atoms with E-state index < -0.39 is 0 Å². The predicted molar refractivity (Wildman–Crippen MR) is 94.8 cm³/mol. The van der Waals surface area contributed by atoms with Gasteiger partial charge in [-0.15, -0.1) is 0 Å². The summed E-state index contributed by atoms with van der Waals surface area (Å²) in [6.45, 7) is 2.50. The second-order valence-electron chi connectivity index (χ2n) is 6.95. The van der Waals surface area contributed by atoms with Gasteiger partial charge in [-0.05, 0) is 56.5 Å². The highest BCUT2D eigenvalue weighted by Crippen LogP contribution is 2.19. The van der Waals surface area contributed by atoms with Gasteiger partial charge in [0.1, 0.15) is 0 Å². The number of carbonyl (C=O) groups is 2. The first-order valence-electron chi connectivity index (χ1n) is 9.09. The van der Waals surface area contributed by atoms with E-state index in [1.54, 1.807) is 0 Å². The van der Waals surface area contributed by atoms with Crippen LogP contribution < -0.4 is 10.6 Å². The zero-order valence-electron chi connectivity index (χ0n) is 14.2. The quantitative estimate of drug-likeness (QED) is 0.842. The van der Waals surface area contributed by atoms with Crippen molar-refractivity contribution in [3.05, 3.63) is 29.8 Å². The van der Waals surface area contributed by atoms with Crippen LogP contribution in [0.1, 0.15) is 44.1 Å². The van der Waals surface area contributed by atoms with E-state index in [9.17, 15) is 9.59 Å². The van der Waals surface area contributed by atoms with Crippen LogP contribution in [-0.4, -0.2) is 42.4 Å². The van der Waals surface area contributed by atoms with Crippen LogP contribution in [0.25, 0.3) is 0 Å². The largest absolute Gasteiger partial charge is 0.353 e. The fourth-order valence-electron chi connectivity index (χ4n) is 3.10. The van der Waals surface area contributed by atoms with E-state index in [4.69, 9.17) is 0 Å². The molecule has 130 valence electrons. The van der Waals surface area contributed by atoms with Crippen LogP contribution in [0.15, 0.2) is 24.3 Å². The molecule has 1 aliphatic heterocycles. The number of nitrogens with one attached hydrogen (secondary N) is 2. The topological polar surface area (TPSA) is 61.4 Å². The maximum absolute atomic E-state index is 12.2. The van der Waals surface area contributed by atoms with E-state index in [0.29, 0.717) is 19.0 Å². The van der Waals surface area contributed by atoms with E-state index in [1.807, 2.05) is 24.3 Å². The minimum absolute atomic E-state index is 0.0381. The van der Waals surface area contributed by atoms with Crippen molar-refractivity contribution < 1.29 is 9.59 Å². The molecular formula is C19H27N3O2. The van der Waals surface area contributed by atoms with Crippen molar-refractivity contribution in [1.29, 1.82) is 0 Å². The molecule has 1 aromatic rings. The number of rotatable bonds is 6. The van der Waals surface area contributed by atoms with E-state index in [1.165, 1.54) is 25.7 Å². The summed E-state index contributed by atoms with van der Waals surface area (Å²) in [7, 11) is 0. The second-order valence-corrected chi connectivity index (χ2v) is 6.95. The molecule has 0 unspecified atom stereocenters. The minimum Gasteiger partial charge on any atom is -0.353 e. The number of likely N-dealkylation sites (tertiary alicyclic amines) is 1. The van der Waals surface area contributed by atoms with Gasteiger partial charge >= 0.3 is 0 Å². The molecular weight excluding hydrogens is 302 g/mol. The molecule has 0 radical (unpaired) electrons. The molecule has 2 aliphatic rings. The average Bonchev–Trinajstić information content (AvgIpc) is 3.37. The van der Waals surface area contributed by atoms with Crippen molar-refractivity contribution in [2.24, 2.45) is 0 Å². The Hall–Kier alpha value is -1.88. The first kappa shape index (κ1) is 17.0. The summed E-state index contributed by atoms with van der Waals surface area (Å²) in [4.78, 5) is 26.2. The average molecular weight is 329 g/mol. The normalized spacial score (nSPS) is 18.7. The number of carbonyl (C=O) groups excluding carboxylic acids is 2. The molecule has 1 saturated carbocycles. The van der Waals surface area contributed by atoms with Gasteiger partial charge in [-0.25, -0.2) is 0 Å². The Bertz CT molecular complexity index is 558. The van der Waals surface area contributed by atoms with Gasteiger partial charge in [-0.2, -0.15) is 0 Å². The van der Waals surface area contributed by atoms with Crippen LogP contribution in [0.3, 0.4) is 0 Å². The lowest BCUT2D eigenvalue weighted by atomic mass is 10.1. The van der Waals surface area contributed by atoms with Gasteiger partial charge in [0.05, 0.1) is 13.0 Å². The highest BCUT2D eigenvalue weighted by molar-refractivity contribution is 5.92. The molecule has 2 N–H and O–H groups in total. The molecule has 2 amide bonds. The summed E-state index contributed by atoms with van der Waals surface area (Å²) in [6.07, 6.45) is 7.53. The lowest BCUT2D eigenvalue weighted by Crippen LogP contribution is -2.33. The fourth-order valence-corrected chi connectivity index (χ4v) is 3.10. The minimum atomic E-state index is 0.0381. The number of nitrogens with zero attached hydrogens (tertiary/aromatic N) is 1. The first-order valence-corrected chi connectivity index (χ1v) is 9.09. The number of amides is 2. The van der Waals surface area contributed by atoms with Crippen LogP contribution in [0.4, 0.5) is 5.69 Å². The Kier molecular flexibility index (Phi) is 5.86. The van der Waals surface area contributed by atoms with E-state index >= 15 is 0 Å². The zero-order chi connectivity index (χ0) is 16.8. The molecule has 1 saturated heterocycles. The van der Waals surface area contributed by atoms with Crippen molar-refractivity contribution in [3.63, 3.8) is 0 Å². The summed E-state index contributed by atoms with van der Waals surface area (Å²) in [5.74, 6) is 0.117. The van der Waals surface area contributed by atoms with Crippen molar-refractivity contribution in [1.82, 2.24) is 10.2 Å². The maximum atomic E-state index is 12.2. The van der Waals surface area contributed by atoms with Gasteiger partial charge in [0.2, 0.25) is 11.8 Å². The molecule has 5 nitrogen and oxygen atoms in total. The maximum Gasteiger partial charge on any atom is 0.238 e. The molecule has 3 rings (SSSR count). The van der Waals surface area contributed by atoms with Crippen LogP contribution in [-0.2, 0) is 16.0 Å². The molecule has 1 aliphatic carbocycles. The third-order valence-corrected chi connectivity index (χ3v) is 4.61. The number of hydrogen-bond donors (Lipinski definition) is 2. The molecule has 0 spiro atoms. The highest BCUT2D eigenvalue weighted by Gasteiger charge is 2.23. The highest BCUT2D eigenvalue weighted by atomic mass is 16.2. The summed E-state index contributed by atoms with van der Waals surface area (Å²) < 4.78 is 0. The molecule has 24 heavy (non-hydrogen) atoms. The SMILES string of the molecule is O=C(CN1CCCCCC1)Nc1ccc(CC(=O)NC2CC2)cc1. The summed E-state index contributed by atoms with van der Waals surface area (Å²) >= 11 is 0. The van der Waals surface area contributed by atoms with E-state index in [0.717, 1.165) is 37.2 Å². The van der Waals surface area contributed by atoms with Crippen molar-refractivity contribution in [3.8, 4) is 0 Å². The summed E-state index contributed by atoms with van der Waals surface area (Å²) in [5.41, 5.74) is 1.76. The molecule has 0 atom stereocenters. The van der Waals surface area contributed by atoms with Gasteiger partial charge in [-0.3, -0.25) is 14.5 Å². The van der Waals surface area contributed by atoms with Crippen molar-refractivity contribution in [2.75, 3.05) is 25.0 Å². The van der Waals surface area contributed by atoms with Gasteiger partial charge in [0, 0.05) is 11.7 Å². The summed E-state index contributed by atoms with van der Waals surface area (Å²) in [5, 5.41) is 5.94. The predicted octanol–water partition coefficient (Wildman–Crippen LogP) is 2.32. The van der Waals surface area contributed by atoms with Crippen LogP contribution >= 0.6 is 0 Å². The first-order chi connectivity index (χ1) is 11.7. The zero-order valence-corrected chi connectivity index (χ0v) is 14.2. The molecule has 1 heterocycles. The summed E-state index contributed by atoms with van der Waals surface area (Å²) in [6, 6.07) is 7.97. The van der Waals surface area contributed by atoms with Crippen molar-refractivity contribution in [2.45, 2.75) is 51.0 Å². The Labute approximate surface area is 143 Å². The van der Waals surface area contributed by atoms with E-state index in [2.05, 4.69) is 15.5 Å². The Balaban J connectivity index is 1.44. The lowest BCUT2D eigenvalue weighted by molar-refractivity contribution is -0.120. The third-order valence-electron chi connectivity index (χ3n) is 4.61. The van der Waals surface area contributed by atoms with Gasteiger partial charge < -0.3 is 10.6 Å². The number of hydrogen-bond acceptors (Lipinski definition) is 3. The lowest BCUT2D eigenvalue weighted by Gasteiger charge is -2.19. The molecule has 0 aromatic heterocycles. The number of anilines is 1. The Morgan fingerprint density at radius 3 is 2.25 bits per heavy atom. The van der Waals surface area contributed by atoms with Crippen molar-refractivity contribution >= 4 is 17.5 Å². The molecule has 0 bridgehead atoms. The molecule has 5 heteroatoms. The monoisotopic (exact) mass is 329 g/mol. The van der Waals surface area contributed by atoms with Gasteiger partial charge in [-0.1, -0.05) is 25.0 Å². The van der Waals surface area contributed by atoms with E-state index in [-0.39, 0.29) is 11.8 Å². The van der Waals surface area contributed by atoms with Gasteiger partial charge in [0.15, 0.2) is 0 Å². The Morgan fingerprint density at radius 2 is 1.62 bits per heavy atom. The standard InChI is InChI=1S/C19H27N3O2/c23-18(20-17-9-10-17)13-15-5-7-16(8-6-15)21-19(24)14-22-11-3-1-2-4-12-22/h5-8,17H,1-4,9-14H2,(H,20,23)(H,21,24). The Morgan fingerprint density at radius 1 is 0.958 bits per heavy atom. The second kappa shape index (κ2) is 8.29. The van der Waals surface area contributed by atoms with Crippen LogP contribution in [0, 0.1) is 0 Å². The van der Waals surface area contributed by atoms with Gasteiger partial charge in [0.25, 0.3) is 0 Å². The third kappa shape index (κ3) is 5.64. The van der Waals surface area contributed by atoms with Crippen LogP contribution in [0.5, 0.6) is 0 Å². The smallest absolute Gasteiger partial charge is 0.238 e.